The Labute approximate surface area is 87.3 Å². The van der Waals surface area contributed by atoms with Crippen LogP contribution in [0.3, 0.4) is 0 Å². The molecular formula is C12H22N2. The van der Waals surface area contributed by atoms with Gasteiger partial charge in [-0.2, -0.15) is 0 Å². The molecule has 80 valence electrons. The van der Waals surface area contributed by atoms with Crippen LogP contribution in [0.25, 0.3) is 0 Å². The first-order chi connectivity index (χ1) is 6.74. The second kappa shape index (κ2) is 5.86. The molecule has 0 atom stereocenters. The van der Waals surface area contributed by atoms with E-state index in [1.54, 1.807) is 0 Å². The Morgan fingerprint density at radius 1 is 1.43 bits per heavy atom. The lowest BCUT2D eigenvalue weighted by Gasteiger charge is -2.11. The Kier molecular flexibility index (Phi) is 4.74. The van der Waals surface area contributed by atoms with Gasteiger partial charge in [0.05, 0.1) is 0 Å². The fourth-order valence-electron chi connectivity index (χ4n) is 1.57. The van der Waals surface area contributed by atoms with Crippen LogP contribution >= 0.6 is 0 Å². The molecule has 0 bridgehead atoms. The van der Waals surface area contributed by atoms with Crippen LogP contribution in [0.5, 0.6) is 0 Å². The SMILES string of the molecule is CCCNCc1cccn1CC(C)C. The summed E-state index contributed by atoms with van der Waals surface area (Å²) in [5.74, 6) is 0.715. The van der Waals surface area contributed by atoms with Crippen LogP contribution in [0.4, 0.5) is 0 Å². The quantitative estimate of drug-likeness (QED) is 0.689. The molecule has 0 saturated heterocycles. The van der Waals surface area contributed by atoms with Crippen LogP contribution in [0, 0.1) is 5.92 Å². The maximum Gasteiger partial charge on any atom is 0.0359 e. The first-order valence-corrected chi connectivity index (χ1v) is 5.58. The highest BCUT2D eigenvalue weighted by molar-refractivity contribution is 5.06. The zero-order chi connectivity index (χ0) is 10.4. The van der Waals surface area contributed by atoms with Gasteiger partial charge in [-0.15, -0.1) is 0 Å². The van der Waals surface area contributed by atoms with Crippen molar-refractivity contribution in [3.8, 4) is 0 Å². The zero-order valence-corrected chi connectivity index (χ0v) is 9.59. The smallest absolute Gasteiger partial charge is 0.0359 e. The van der Waals surface area contributed by atoms with E-state index in [2.05, 4.69) is 49.0 Å². The fraction of sp³-hybridized carbons (Fsp3) is 0.667. The van der Waals surface area contributed by atoms with Gasteiger partial charge >= 0.3 is 0 Å². The van der Waals surface area contributed by atoms with Gasteiger partial charge in [0.25, 0.3) is 0 Å². The van der Waals surface area contributed by atoms with Gasteiger partial charge in [0.2, 0.25) is 0 Å². The van der Waals surface area contributed by atoms with E-state index in [4.69, 9.17) is 0 Å². The first kappa shape index (κ1) is 11.3. The molecule has 1 rings (SSSR count). The van der Waals surface area contributed by atoms with Crippen LogP contribution in [0.1, 0.15) is 32.9 Å². The minimum Gasteiger partial charge on any atom is -0.350 e. The summed E-state index contributed by atoms with van der Waals surface area (Å²) in [6.07, 6.45) is 3.37. The molecule has 2 heteroatoms. The highest BCUT2D eigenvalue weighted by Gasteiger charge is 2.01. The molecule has 0 spiro atoms. The molecule has 1 N–H and O–H groups in total. The maximum atomic E-state index is 3.43. The van der Waals surface area contributed by atoms with Crippen LogP contribution in [0.15, 0.2) is 18.3 Å². The lowest BCUT2D eigenvalue weighted by molar-refractivity contribution is 0.501. The Hall–Kier alpha value is -0.760. The molecule has 0 aliphatic rings. The van der Waals surface area contributed by atoms with E-state index >= 15 is 0 Å². The molecule has 0 radical (unpaired) electrons. The molecule has 0 aromatic carbocycles. The van der Waals surface area contributed by atoms with Crippen molar-refractivity contribution in [2.24, 2.45) is 5.92 Å². The van der Waals surface area contributed by atoms with E-state index in [0.717, 1.165) is 19.6 Å². The summed E-state index contributed by atoms with van der Waals surface area (Å²) in [7, 11) is 0. The molecule has 1 aromatic rings. The highest BCUT2D eigenvalue weighted by atomic mass is 15.0. The summed E-state index contributed by atoms with van der Waals surface area (Å²) in [6.45, 7) is 9.92. The van der Waals surface area contributed by atoms with Gasteiger partial charge in [-0.05, 0) is 31.0 Å². The third-order valence-electron chi connectivity index (χ3n) is 2.22. The van der Waals surface area contributed by atoms with Crippen LogP contribution in [-0.2, 0) is 13.1 Å². The average molecular weight is 194 g/mol. The van der Waals surface area contributed by atoms with E-state index in [-0.39, 0.29) is 0 Å². The van der Waals surface area contributed by atoms with Crippen molar-refractivity contribution < 1.29 is 0 Å². The van der Waals surface area contributed by atoms with Crippen LogP contribution < -0.4 is 5.32 Å². The predicted octanol–water partition coefficient (Wildman–Crippen LogP) is 2.64. The van der Waals surface area contributed by atoms with Crippen molar-refractivity contribution in [1.29, 1.82) is 0 Å². The van der Waals surface area contributed by atoms with Crippen molar-refractivity contribution in [2.45, 2.75) is 40.3 Å². The van der Waals surface area contributed by atoms with E-state index < -0.39 is 0 Å². The summed E-state index contributed by atoms with van der Waals surface area (Å²) in [5, 5.41) is 3.43. The summed E-state index contributed by atoms with van der Waals surface area (Å²) in [5.41, 5.74) is 1.40. The first-order valence-electron chi connectivity index (χ1n) is 5.58. The summed E-state index contributed by atoms with van der Waals surface area (Å²) < 4.78 is 2.34. The molecule has 0 fully saturated rings. The largest absolute Gasteiger partial charge is 0.350 e. The molecular weight excluding hydrogens is 172 g/mol. The van der Waals surface area contributed by atoms with Crippen molar-refractivity contribution in [3.63, 3.8) is 0 Å². The Balaban J connectivity index is 2.45. The lowest BCUT2D eigenvalue weighted by Crippen LogP contribution is -2.17. The Morgan fingerprint density at radius 3 is 2.86 bits per heavy atom. The van der Waals surface area contributed by atoms with Crippen molar-refractivity contribution in [3.05, 3.63) is 24.0 Å². The predicted molar refractivity (Wildman–Crippen MR) is 61.3 cm³/mol. The molecule has 1 heterocycles. The van der Waals surface area contributed by atoms with Crippen LogP contribution in [0.2, 0.25) is 0 Å². The molecule has 0 aliphatic carbocycles. The third kappa shape index (κ3) is 3.54. The molecule has 0 amide bonds. The van der Waals surface area contributed by atoms with Gasteiger partial charge in [-0.1, -0.05) is 20.8 Å². The topological polar surface area (TPSA) is 17.0 Å². The van der Waals surface area contributed by atoms with E-state index in [1.807, 2.05) is 0 Å². The van der Waals surface area contributed by atoms with Gasteiger partial charge in [-0.3, -0.25) is 0 Å². The molecule has 0 aliphatic heterocycles. The highest BCUT2D eigenvalue weighted by Crippen LogP contribution is 2.06. The fourth-order valence-corrected chi connectivity index (χ4v) is 1.57. The number of nitrogens with zero attached hydrogens (tertiary/aromatic N) is 1. The molecule has 14 heavy (non-hydrogen) atoms. The monoisotopic (exact) mass is 194 g/mol. The third-order valence-corrected chi connectivity index (χ3v) is 2.22. The van der Waals surface area contributed by atoms with Gasteiger partial charge in [-0.25, -0.2) is 0 Å². The van der Waals surface area contributed by atoms with Gasteiger partial charge in [0.1, 0.15) is 0 Å². The molecule has 2 nitrogen and oxygen atoms in total. The maximum absolute atomic E-state index is 3.43. The zero-order valence-electron chi connectivity index (χ0n) is 9.59. The number of aromatic nitrogens is 1. The Morgan fingerprint density at radius 2 is 2.21 bits per heavy atom. The van der Waals surface area contributed by atoms with E-state index in [1.165, 1.54) is 12.1 Å². The average Bonchev–Trinajstić information content (AvgIpc) is 2.52. The Bertz CT molecular complexity index is 251. The van der Waals surface area contributed by atoms with E-state index in [0.29, 0.717) is 5.92 Å². The summed E-state index contributed by atoms with van der Waals surface area (Å²) in [4.78, 5) is 0. The van der Waals surface area contributed by atoms with Gasteiger partial charge < -0.3 is 9.88 Å². The van der Waals surface area contributed by atoms with E-state index in [9.17, 15) is 0 Å². The minimum atomic E-state index is 0.715. The van der Waals surface area contributed by atoms with Crippen molar-refractivity contribution >= 4 is 0 Å². The number of hydrogen-bond acceptors (Lipinski definition) is 1. The molecule has 0 saturated carbocycles. The number of nitrogens with one attached hydrogen (secondary N) is 1. The molecule has 0 unspecified atom stereocenters. The minimum absolute atomic E-state index is 0.715. The van der Waals surface area contributed by atoms with Crippen LogP contribution in [-0.4, -0.2) is 11.1 Å². The summed E-state index contributed by atoms with van der Waals surface area (Å²) >= 11 is 0. The summed E-state index contributed by atoms with van der Waals surface area (Å²) in [6, 6.07) is 4.33. The number of rotatable bonds is 6. The second-order valence-corrected chi connectivity index (χ2v) is 4.22. The second-order valence-electron chi connectivity index (χ2n) is 4.22. The molecule has 1 aromatic heterocycles. The normalized spacial score (nSPS) is 11.1. The number of hydrogen-bond donors (Lipinski definition) is 1. The lowest BCUT2D eigenvalue weighted by atomic mass is 10.2. The van der Waals surface area contributed by atoms with Crippen molar-refractivity contribution in [2.75, 3.05) is 6.54 Å². The van der Waals surface area contributed by atoms with Gasteiger partial charge in [0, 0.05) is 25.0 Å². The van der Waals surface area contributed by atoms with Gasteiger partial charge in [0.15, 0.2) is 0 Å². The standard InChI is InChI=1S/C12H22N2/c1-4-7-13-9-12-6-5-8-14(12)10-11(2)3/h5-6,8,11,13H,4,7,9-10H2,1-3H3. The van der Waals surface area contributed by atoms with Crippen molar-refractivity contribution in [1.82, 2.24) is 9.88 Å².